The maximum absolute atomic E-state index is 12.4. The van der Waals surface area contributed by atoms with Gasteiger partial charge in [0, 0.05) is 43.3 Å². The third-order valence-electron chi connectivity index (χ3n) is 5.16. The molecule has 0 saturated carbocycles. The maximum Gasteiger partial charge on any atom is 0.340 e. The van der Waals surface area contributed by atoms with E-state index in [1.54, 1.807) is 6.92 Å². The molecule has 1 fully saturated rings. The molecule has 2 heterocycles. The number of nitrogens with one attached hydrogen (secondary N) is 1. The summed E-state index contributed by atoms with van der Waals surface area (Å²) in [5, 5.41) is 14.2. The number of aliphatic hydroxyl groups excluding tert-OH is 1. The van der Waals surface area contributed by atoms with Crippen LogP contribution in [0.15, 0.2) is 18.2 Å². The molecule has 1 aromatic heterocycles. The predicted molar refractivity (Wildman–Crippen MR) is 107 cm³/mol. The zero-order valence-corrected chi connectivity index (χ0v) is 16.9. The summed E-state index contributed by atoms with van der Waals surface area (Å²) in [6.45, 7) is 6.21. The number of esters is 1. The van der Waals surface area contributed by atoms with Gasteiger partial charge < -0.3 is 29.2 Å². The topological polar surface area (TPSA) is 82.0 Å². The number of benzene rings is 1. The highest BCUT2D eigenvalue weighted by molar-refractivity contribution is 6.06. The van der Waals surface area contributed by atoms with Crippen molar-refractivity contribution < 1.29 is 24.1 Å². The lowest BCUT2D eigenvalue weighted by Gasteiger charge is -2.15. The van der Waals surface area contributed by atoms with Gasteiger partial charge in [-0.15, -0.1) is 0 Å². The van der Waals surface area contributed by atoms with Gasteiger partial charge in [0.15, 0.2) is 0 Å². The molecule has 2 aromatic rings. The smallest absolute Gasteiger partial charge is 0.340 e. The van der Waals surface area contributed by atoms with Gasteiger partial charge in [-0.2, -0.15) is 0 Å². The molecule has 0 radical (unpaired) electrons. The molecular weight excluding hydrogens is 360 g/mol. The Morgan fingerprint density at radius 2 is 2.29 bits per heavy atom. The molecule has 2 atom stereocenters. The molecule has 0 bridgehead atoms. The monoisotopic (exact) mass is 390 g/mol. The lowest BCUT2D eigenvalue weighted by molar-refractivity contribution is 0.0527. The van der Waals surface area contributed by atoms with Crippen molar-refractivity contribution in [1.82, 2.24) is 9.88 Å². The van der Waals surface area contributed by atoms with Gasteiger partial charge >= 0.3 is 5.97 Å². The largest absolute Gasteiger partial charge is 0.491 e. The third-order valence-corrected chi connectivity index (χ3v) is 5.16. The van der Waals surface area contributed by atoms with Crippen molar-refractivity contribution in [2.45, 2.75) is 38.9 Å². The van der Waals surface area contributed by atoms with Gasteiger partial charge in [0.1, 0.15) is 18.5 Å². The number of nitrogens with zero attached hydrogens (tertiary/aromatic N) is 1. The van der Waals surface area contributed by atoms with E-state index in [1.807, 2.05) is 36.7 Å². The zero-order valence-electron chi connectivity index (χ0n) is 16.9. The Morgan fingerprint density at radius 3 is 3.00 bits per heavy atom. The minimum Gasteiger partial charge on any atom is -0.491 e. The minimum absolute atomic E-state index is 0.171. The van der Waals surface area contributed by atoms with E-state index in [1.165, 1.54) is 0 Å². The van der Waals surface area contributed by atoms with E-state index >= 15 is 0 Å². The summed E-state index contributed by atoms with van der Waals surface area (Å²) in [5.41, 5.74) is 2.35. The Balaban J connectivity index is 1.61. The normalized spacial score (nSPS) is 17.8. The molecule has 154 valence electrons. The molecule has 28 heavy (non-hydrogen) atoms. The number of carbonyl (C=O) groups is 1. The number of fused-ring (bicyclic) bond motifs is 1. The van der Waals surface area contributed by atoms with Crippen LogP contribution in [0.2, 0.25) is 0 Å². The third kappa shape index (κ3) is 4.66. The second-order valence-electron chi connectivity index (χ2n) is 7.18. The van der Waals surface area contributed by atoms with Crippen molar-refractivity contribution in [2.75, 3.05) is 32.9 Å². The number of hydrogen-bond donors (Lipinski definition) is 2. The van der Waals surface area contributed by atoms with Crippen LogP contribution in [-0.4, -0.2) is 60.8 Å². The summed E-state index contributed by atoms with van der Waals surface area (Å²) in [5.74, 6) is 0.281. The van der Waals surface area contributed by atoms with Crippen LogP contribution in [0.1, 0.15) is 35.8 Å². The Labute approximate surface area is 165 Å². The Hall–Kier alpha value is -2.09. The van der Waals surface area contributed by atoms with Crippen molar-refractivity contribution in [1.29, 1.82) is 0 Å². The van der Waals surface area contributed by atoms with E-state index in [-0.39, 0.29) is 18.7 Å². The molecule has 1 aliphatic heterocycles. The predicted octanol–water partition coefficient (Wildman–Crippen LogP) is 2.17. The van der Waals surface area contributed by atoms with Gasteiger partial charge in [-0.1, -0.05) is 0 Å². The second kappa shape index (κ2) is 9.41. The Bertz CT molecular complexity index is 811. The second-order valence-corrected chi connectivity index (χ2v) is 7.18. The summed E-state index contributed by atoms with van der Waals surface area (Å²) < 4.78 is 18.5. The number of rotatable bonds is 9. The standard InChI is InChI=1S/C21H30N2O5/c1-4-26-21(25)20-14(2)23(3)19-8-7-16(10-18(19)20)28-13-15(24)11-22-12-17-6-5-9-27-17/h7-8,10,15,17,22,24H,4-6,9,11-13H2,1-3H3/t15-,17-/m1/s1. The van der Waals surface area contributed by atoms with Crippen molar-refractivity contribution in [3.8, 4) is 5.75 Å². The van der Waals surface area contributed by atoms with Crippen molar-refractivity contribution in [3.63, 3.8) is 0 Å². The highest BCUT2D eigenvalue weighted by Crippen LogP contribution is 2.29. The van der Waals surface area contributed by atoms with Crippen LogP contribution in [0.4, 0.5) is 0 Å². The van der Waals surface area contributed by atoms with Crippen LogP contribution in [0.25, 0.3) is 10.9 Å². The van der Waals surface area contributed by atoms with E-state index in [2.05, 4.69) is 5.32 Å². The maximum atomic E-state index is 12.4. The van der Waals surface area contributed by atoms with Crippen LogP contribution < -0.4 is 10.1 Å². The zero-order chi connectivity index (χ0) is 20.1. The average Bonchev–Trinajstić information content (AvgIpc) is 3.27. The fourth-order valence-corrected chi connectivity index (χ4v) is 3.57. The number of aliphatic hydroxyl groups is 1. The SMILES string of the molecule is CCOC(=O)c1c(C)n(C)c2ccc(OC[C@H](O)CNC[C@H]3CCCO3)cc12. The summed E-state index contributed by atoms with van der Waals surface area (Å²) in [7, 11) is 1.92. The van der Waals surface area contributed by atoms with Gasteiger partial charge in [-0.25, -0.2) is 4.79 Å². The number of hydrogen-bond acceptors (Lipinski definition) is 6. The van der Waals surface area contributed by atoms with Crippen LogP contribution in [0, 0.1) is 6.92 Å². The molecule has 1 aliphatic rings. The van der Waals surface area contributed by atoms with Gasteiger partial charge in [0.25, 0.3) is 0 Å². The fraction of sp³-hybridized carbons (Fsp3) is 0.571. The van der Waals surface area contributed by atoms with E-state index in [9.17, 15) is 9.90 Å². The lowest BCUT2D eigenvalue weighted by Crippen LogP contribution is -2.35. The fourth-order valence-electron chi connectivity index (χ4n) is 3.57. The molecule has 3 rings (SSSR count). The highest BCUT2D eigenvalue weighted by Gasteiger charge is 2.20. The molecule has 0 unspecified atom stereocenters. The van der Waals surface area contributed by atoms with Gasteiger partial charge in [-0.3, -0.25) is 0 Å². The van der Waals surface area contributed by atoms with Crippen LogP contribution in [0.5, 0.6) is 5.75 Å². The molecule has 1 aromatic carbocycles. The molecule has 2 N–H and O–H groups in total. The average molecular weight is 390 g/mol. The van der Waals surface area contributed by atoms with E-state index in [0.717, 1.165) is 42.6 Å². The molecule has 7 heteroatoms. The number of aromatic nitrogens is 1. The molecular formula is C21H30N2O5. The van der Waals surface area contributed by atoms with Gasteiger partial charge in [0.2, 0.25) is 0 Å². The molecule has 0 amide bonds. The van der Waals surface area contributed by atoms with Gasteiger partial charge in [-0.05, 0) is 44.9 Å². The number of ether oxygens (including phenoxy) is 3. The molecule has 0 aliphatic carbocycles. The lowest BCUT2D eigenvalue weighted by atomic mass is 10.1. The summed E-state index contributed by atoms with van der Waals surface area (Å²) in [4.78, 5) is 12.4. The Morgan fingerprint density at radius 1 is 1.46 bits per heavy atom. The minimum atomic E-state index is -0.626. The summed E-state index contributed by atoms with van der Waals surface area (Å²) >= 11 is 0. The van der Waals surface area contributed by atoms with Crippen LogP contribution in [-0.2, 0) is 16.5 Å². The van der Waals surface area contributed by atoms with Crippen molar-refractivity contribution >= 4 is 16.9 Å². The first-order valence-electron chi connectivity index (χ1n) is 9.90. The summed E-state index contributed by atoms with van der Waals surface area (Å²) in [6, 6.07) is 5.60. The molecule has 1 saturated heterocycles. The number of carbonyl (C=O) groups excluding carboxylic acids is 1. The molecule has 0 spiro atoms. The summed E-state index contributed by atoms with van der Waals surface area (Å²) in [6.07, 6.45) is 1.80. The van der Waals surface area contributed by atoms with Crippen LogP contribution in [0.3, 0.4) is 0 Å². The highest BCUT2D eigenvalue weighted by atomic mass is 16.5. The van der Waals surface area contributed by atoms with E-state index < -0.39 is 6.10 Å². The van der Waals surface area contributed by atoms with Gasteiger partial charge in [0.05, 0.1) is 18.3 Å². The first-order chi connectivity index (χ1) is 13.5. The van der Waals surface area contributed by atoms with Crippen LogP contribution >= 0.6 is 0 Å². The Kier molecular flexibility index (Phi) is 6.93. The quantitative estimate of drug-likeness (QED) is 0.639. The van der Waals surface area contributed by atoms with Crippen molar-refractivity contribution in [2.24, 2.45) is 7.05 Å². The van der Waals surface area contributed by atoms with E-state index in [4.69, 9.17) is 14.2 Å². The van der Waals surface area contributed by atoms with E-state index in [0.29, 0.717) is 24.5 Å². The molecule has 7 nitrogen and oxygen atoms in total. The van der Waals surface area contributed by atoms with Crippen molar-refractivity contribution in [3.05, 3.63) is 29.5 Å². The first kappa shape index (κ1) is 20.6. The number of aryl methyl sites for hydroxylation is 1. The first-order valence-corrected chi connectivity index (χ1v) is 9.90.